The van der Waals surface area contributed by atoms with Gasteiger partial charge in [-0.25, -0.2) is 9.97 Å². The van der Waals surface area contributed by atoms with Gasteiger partial charge in [0.05, 0.1) is 11.3 Å². The van der Waals surface area contributed by atoms with E-state index in [2.05, 4.69) is 9.97 Å². The molecule has 1 aliphatic carbocycles. The number of rotatable bonds is 2. The molecule has 3 nitrogen and oxygen atoms in total. The maximum Gasteiger partial charge on any atom is 0.155 e. The summed E-state index contributed by atoms with van der Waals surface area (Å²) in [5, 5.41) is 0.266. The van der Waals surface area contributed by atoms with E-state index in [1.807, 2.05) is 0 Å². The molecule has 0 unspecified atom stereocenters. The second kappa shape index (κ2) is 2.83. The summed E-state index contributed by atoms with van der Waals surface area (Å²) in [5.74, 6) is 0.436. The van der Waals surface area contributed by atoms with Crippen molar-refractivity contribution in [3.63, 3.8) is 0 Å². The van der Waals surface area contributed by atoms with Crippen LogP contribution in [0.15, 0.2) is 6.33 Å². The van der Waals surface area contributed by atoms with Crippen LogP contribution in [0.3, 0.4) is 0 Å². The molecule has 0 N–H and O–H groups in total. The molecule has 1 aliphatic rings. The molecule has 12 heavy (non-hydrogen) atoms. The van der Waals surface area contributed by atoms with Gasteiger partial charge < -0.3 is 0 Å². The molecule has 1 fully saturated rings. The fourth-order valence-electron chi connectivity index (χ4n) is 1.18. The Balaban J connectivity index is 2.50. The van der Waals surface area contributed by atoms with Crippen LogP contribution in [0.2, 0.25) is 5.15 Å². The lowest BCUT2D eigenvalue weighted by Crippen LogP contribution is -1.97. The number of aromatic nitrogens is 2. The summed E-state index contributed by atoms with van der Waals surface area (Å²) in [7, 11) is 0. The lowest BCUT2D eigenvalue weighted by Gasteiger charge is -2.00. The number of carbonyl (C=O) groups excluding carboxylic acids is 1. The molecule has 0 amide bonds. The third-order valence-electron chi connectivity index (χ3n) is 1.95. The number of carbonyl (C=O) groups is 1. The highest BCUT2D eigenvalue weighted by molar-refractivity contribution is 6.31. The third kappa shape index (κ3) is 1.20. The van der Waals surface area contributed by atoms with Gasteiger partial charge in [0.1, 0.15) is 11.5 Å². The molecular formula is C8H7ClN2O. The highest BCUT2D eigenvalue weighted by atomic mass is 35.5. The SMILES string of the molecule is O=Cc1c(Cl)ncnc1C1CC1. The van der Waals surface area contributed by atoms with E-state index in [9.17, 15) is 4.79 Å². The molecule has 0 saturated heterocycles. The highest BCUT2D eigenvalue weighted by Gasteiger charge is 2.28. The molecule has 0 aliphatic heterocycles. The van der Waals surface area contributed by atoms with E-state index in [1.54, 1.807) is 0 Å². The van der Waals surface area contributed by atoms with Gasteiger partial charge in [0.25, 0.3) is 0 Å². The summed E-state index contributed by atoms with van der Waals surface area (Å²) < 4.78 is 0. The second-order valence-corrected chi connectivity index (χ2v) is 3.21. The van der Waals surface area contributed by atoms with E-state index in [0.717, 1.165) is 24.8 Å². The van der Waals surface area contributed by atoms with Gasteiger partial charge in [0.2, 0.25) is 0 Å². The quantitative estimate of drug-likeness (QED) is 0.518. The normalized spacial score (nSPS) is 16.1. The minimum atomic E-state index is 0.266. The Bertz CT molecular complexity index is 323. The summed E-state index contributed by atoms with van der Waals surface area (Å²) in [6, 6.07) is 0. The monoisotopic (exact) mass is 182 g/mol. The molecular weight excluding hydrogens is 176 g/mol. The average molecular weight is 183 g/mol. The largest absolute Gasteiger partial charge is 0.298 e. The number of hydrogen-bond acceptors (Lipinski definition) is 3. The molecule has 2 rings (SSSR count). The van der Waals surface area contributed by atoms with Crippen LogP contribution in [0.4, 0.5) is 0 Å². The molecule has 0 radical (unpaired) electrons. The van der Waals surface area contributed by atoms with Crippen LogP contribution in [-0.2, 0) is 0 Å². The Morgan fingerprint density at radius 3 is 2.83 bits per heavy atom. The molecule has 0 bridgehead atoms. The van der Waals surface area contributed by atoms with E-state index >= 15 is 0 Å². The van der Waals surface area contributed by atoms with Gasteiger partial charge in [0.15, 0.2) is 6.29 Å². The van der Waals surface area contributed by atoms with Crippen molar-refractivity contribution in [1.82, 2.24) is 9.97 Å². The van der Waals surface area contributed by atoms with Gasteiger partial charge in [-0.1, -0.05) is 11.6 Å². The fraction of sp³-hybridized carbons (Fsp3) is 0.375. The van der Waals surface area contributed by atoms with Crippen molar-refractivity contribution in [2.75, 3.05) is 0 Å². The zero-order valence-corrected chi connectivity index (χ0v) is 7.08. The molecule has 62 valence electrons. The highest BCUT2D eigenvalue weighted by Crippen LogP contribution is 2.40. The Morgan fingerprint density at radius 2 is 2.25 bits per heavy atom. The molecule has 0 aromatic carbocycles. The first kappa shape index (κ1) is 7.68. The lowest BCUT2D eigenvalue weighted by atomic mass is 10.2. The first-order chi connectivity index (χ1) is 5.83. The Hall–Kier alpha value is -0.960. The van der Waals surface area contributed by atoms with E-state index in [0.29, 0.717) is 11.5 Å². The summed E-state index contributed by atoms with van der Waals surface area (Å²) >= 11 is 5.72. The first-order valence-corrected chi connectivity index (χ1v) is 4.16. The van der Waals surface area contributed by atoms with E-state index < -0.39 is 0 Å². The molecule has 1 heterocycles. The summed E-state index contributed by atoms with van der Waals surface area (Å²) in [6.07, 6.45) is 4.35. The van der Waals surface area contributed by atoms with Gasteiger partial charge in [-0.2, -0.15) is 0 Å². The fourth-order valence-corrected chi connectivity index (χ4v) is 1.36. The number of aldehydes is 1. The number of hydrogen-bond donors (Lipinski definition) is 0. The second-order valence-electron chi connectivity index (χ2n) is 2.86. The minimum Gasteiger partial charge on any atom is -0.298 e. The molecule has 1 aromatic rings. The van der Waals surface area contributed by atoms with Crippen molar-refractivity contribution in [2.24, 2.45) is 0 Å². The maximum absolute atomic E-state index is 10.6. The predicted octanol–water partition coefficient (Wildman–Crippen LogP) is 1.82. The predicted molar refractivity (Wildman–Crippen MR) is 44.4 cm³/mol. The smallest absolute Gasteiger partial charge is 0.155 e. The van der Waals surface area contributed by atoms with Gasteiger partial charge in [-0.05, 0) is 12.8 Å². The van der Waals surface area contributed by atoms with Crippen molar-refractivity contribution >= 4 is 17.9 Å². The third-order valence-corrected chi connectivity index (χ3v) is 2.25. The van der Waals surface area contributed by atoms with E-state index in [1.165, 1.54) is 6.33 Å². The van der Waals surface area contributed by atoms with E-state index in [4.69, 9.17) is 11.6 Å². The van der Waals surface area contributed by atoms with Crippen LogP contribution >= 0.6 is 11.6 Å². The van der Waals surface area contributed by atoms with Crippen LogP contribution < -0.4 is 0 Å². The minimum absolute atomic E-state index is 0.266. The maximum atomic E-state index is 10.6. The van der Waals surface area contributed by atoms with Crippen molar-refractivity contribution in [2.45, 2.75) is 18.8 Å². The van der Waals surface area contributed by atoms with E-state index in [-0.39, 0.29) is 5.15 Å². The van der Waals surface area contributed by atoms with Gasteiger partial charge in [0, 0.05) is 5.92 Å². The molecule has 0 atom stereocenters. The van der Waals surface area contributed by atoms with Crippen LogP contribution in [-0.4, -0.2) is 16.3 Å². The number of halogens is 1. The van der Waals surface area contributed by atoms with Crippen molar-refractivity contribution in [3.05, 3.63) is 22.7 Å². The van der Waals surface area contributed by atoms with Crippen molar-refractivity contribution in [3.8, 4) is 0 Å². The molecule has 0 spiro atoms. The van der Waals surface area contributed by atoms with Crippen molar-refractivity contribution in [1.29, 1.82) is 0 Å². The van der Waals surface area contributed by atoms with Gasteiger partial charge >= 0.3 is 0 Å². The zero-order valence-electron chi connectivity index (χ0n) is 6.33. The summed E-state index contributed by atoms with van der Waals surface area (Å²) in [5.41, 5.74) is 1.27. The molecule has 1 aromatic heterocycles. The lowest BCUT2D eigenvalue weighted by molar-refractivity contribution is 0.112. The van der Waals surface area contributed by atoms with Crippen LogP contribution in [0, 0.1) is 0 Å². The number of nitrogens with zero attached hydrogens (tertiary/aromatic N) is 2. The van der Waals surface area contributed by atoms with Crippen molar-refractivity contribution < 1.29 is 4.79 Å². The van der Waals surface area contributed by atoms with Gasteiger partial charge in [-0.15, -0.1) is 0 Å². The molecule has 1 saturated carbocycles. The Morgan fingerprint density at radius 1 is 1.50 bits per heavy atom. The summed E-state index contributed by atoms with van der Waals surface area (Å²) in [6.45, 7) is 0. The average Bonchev–Trinajstić information content (AvgIpc) is 2.86. The Kier molecular flexibility index (Phi) is 1.81. The Labute approximate surface area is 74.8 Å². The van der Waals surface area contributed by atoms with Crippen LogP contribution in [0.5, 0.6) is 0 Å². The standard InChI is InChI=1S/C8H7ClN2O/c9-8-6(3-12)7(5-1-2-5)10-4-11-8/h3-5H,1-2H2. The zero-order chi connectivity index (χ0) is 8.55. The van der Waals surface area contributed by atoms with Crippen LogP contribution in [0.25, 0.3) is 0 Å². The van der Waals surface area contributed by atoms with Gasteiger partial charge in [-0.3, -0.25) is 4.79 Å². The van der Waals surface area contributed by atoms with Crippen LogP contribution in [0.1, 0.15) is 34.8 Å². The summed E-state index contributed by atoms with van der Waals surface area (Å²) in [4.78, 5) is 18.4. The first-order valence-electron chi connectivity index (χ1n) is 3.78. The topological polar surface area (TPSA) is 42.9 Å². The molecule has 4 heteroatoms.